The van der Waals surface area contributed by atoms with Crippen LogP contribution in [0.2, 0.25) is 0 Å². The van der Waals surface area contributed by atoms with Crippen molar-refractivity contribution in [3.05, 3.63) is 46.9 Å². The van der Waals surface area contributed by atoms with E-state index in [1.54, 1.807) is 26.2 Å². The highest BCUT2D eigenvalue weighted by Crippen LogP contribution is 2.29. The topological polar surface area (TPSA) is 111 Å². The average molecular weight is 404 g/mol. The summed E-state index contributed by atoms with van der Waals surface area (Å²) in [5, 5.41) is 2.60. The summed E-state index contributed by atoms with van der Waals surface area (Å²) in [5.74, 6) is 0.0460. The maximum atomic E-state index is 12.8. The molecule has 0 aliphatic carbocycles. The number of aryl methyl sites for hydroxylation is 2. The van der Waals surface area contributed by atoms with Gasteiger partial charge in [-0.25, -0.2) is 13.2 Å². The number of rotatable bonds is 5. The number of carbonyl (C=O) groups excluding carboxylic acids is 1. The molecule has 0 fully saturated rings. The molecule has 0 atom stereocenters. The molecule has 1 amide bonds. The Morgan fingerprint density at radius 1 is 1.04 bits per heavy atom. The second-order valence-corrected chi connectivity index (χ2v) is 7.94. The Kier molecular flexibility index (Phi) is 4.90. The number of nitrogens with zero attached hydrogens (tertiary/aromatic N) is 2. The Bertz CT molecular complexity index is 1240. The number of imidazole rings is 1. The normalized spacial score (nSPS) is 11.4. The Balaban J connectivity index is 1.98. The van der Waals surface area contributed by atoms with Crippen molar-refractivity contribution in [3.8, 4) is 5.75 Å². The van der Waals surface area contributed by atoms with Crippen molar-refractivity contribution in [2.24, 2.45) is 14.1 Å². The van der Waals surface area contributed by atoms with Gasteiger partial charge in [-0.2, -0.15) is 0 Å². The number of amides is 1. The third-order valence-corrected chi connectivity index (χ3v) is 5.70. The number of methoxy groups -OCH3 is 1. The summed E-state index contributed by atoms with van der Waals surface area (Å²) < 4.78 is 36.1. The predicted molar refractivity (Wildman–Crippen MR) is 106 cm³/mol. The molecule has 0 spiro atoms. The van der Waals surface area contributed by atoms with Crippen LogP contribution >= 0.6 is 0 Å². The number of hydrogen-bond donors (Lipinski definition) is 2. The van der Waals surface area contributed by atoms with E-state index in [1.165, 1.54) is 47.4 Å². The van der Waals surface area contributed by atoms with Gasteiger partial charge in [0.25, 0.3) is 10.0 Å². The van der Waals surface area contributed by atoms with E-state index in [2.05, 4.69) is 10.0 Å². The quantitative estimate of drug-likeness (QED) is 0.672. The van der Waals surface area contributed by atoms with Gasteiger partial charge in [-0.1, -0.05) is 0 Å². The van der Waals surface area contributed by atoms with E-state index < -0.39 is 10.0 Å². The zero-order valence-electron chi connectivity index (χ0n) is 15.8. The number of sulfonamides is 1. The van der Waals surface area contributed by atoms with Gasteiger partial charge in [0, 0.05) is 27.1 Å². The van der Waals surface area contributed by atoms with Crippen LogP contribution in [-0.2, 0) is 28.9 Å². The first kappa shape index (κ1) is 19.5. The fraction of sp³-hybridized carbons (Fsp3) is 0.222. The minimum atomic E-state index is -3.90. The number of nitrogens with one attached hydrogen (secondary N) is 2. The van der Waals surface area contributed by atoms with Crippen LogP contribution in [-0.4, -0.2) is 30.6 Å². The van der Waals surface area contributed by atoms with Crippen LogP contribution in [0.15, 0.2) is 46.1 Å². The van der Waals surface area contributed by atoms with E-state index in [0.29, 0.717) is 22.5 Å². The lowest BCUT2D eigenvalue weighted by Gasteiger charge is -2.13. The van der Waals surface area contributed by atoms with E-state index in [4.69, 9.17) is 4.74 Å². The summed E-state index contributed by atoms with van der Waals surface area (Å²) in [6, 6.07) is 9.00. The Morgan fingerprint density at radius 3 is 2.36 bits per heavy atom. The Labute approximate surface area is 161 Å². The van der Waals surface area contributed by atoms with E-state index in [9.17, 15) is 18.0 Å². The lowest BCUT2D eigenvalue weighted by Crippen LogP contribution is -2.19. The number of aromatic nitrogens is 2. The van der Waals surface area contributed by atoms with Gasteiger partial charge in [-0.05, 0) is 30.3 Å². The predicted octanol–water partition coefficient (Wildman–Crippen LogP) is 1.64. The van der Waals surface area contributed by atoms with Crippen LogP contribution in [0.1, 0.15) is 6.92 Å². The smallest absolute Gasteiger partial charge is 0.328 e. The summed E-state index contributed by atoms with van der Waals surface area (Å²) in [4.78, 5) is 23.3. The van der Waals surface area contributed by atoms with Gasteiger partial charge >= 0.3 is 5.69 Å². The maximum absolute atomic E-state index is 12.8. The molecule has 3 rings (SSSR count). The van der Waals surface area contributed by atoms with Crippen molar-refractivity contribution >= 4 is 38.3 Å². The lowest BCUT2D eigenvalue weighted by molar-refractivity contribution is -0.114. The molecule has 0 aliphatic rings. The fourth-order valence-electron chi connectivity index (χ4n) is 2.92. The second-order valence-electron chi connectivity index (χ2n) is 6.25. The molecule has 0 unspecified atom stereocenters. The van der Waals surface area contributed by atoms with Crippen molar-refractivity contribution in [1.82, 2.24) is 9.13 Å². The average Bonchev–Trinajstić information content (AvgIpc) is 2.86. The molecule has 2 N–H and O–H groups in total. The summed E-state index contributed by atoms with van der Waals surface area (Å²) in [7, 11) is 0.724. The highest BCUT2D eigenvalue weighted by molar-refractivity contribution is 7.92. The molecular formula is C18H20N4O5S. The monoisotopic (exact) mass is 404 g/mol. The summed E-state index contributed by atoms with van der Waals surface area (Å²) >= 11 is 0. The molecule has 0 saturated heterocycles. The van der Waals surface area contributed by atoms with Gasteiger partial charge in [0.2, 0.25) is 5.91 Å². The maximum Gasteiger partial charge on any atom is 0.328 e. The Hall–Kier alpha value is -3.27. The van der Waals surface area contributed by atoms with Gasteiger partial charge < -0.3 is 10.1 Å². The van der Waals surface area contributed by atoms with E-state index in [0.717, 1.165) is 0 Å². The minimum absolute atomic E-state index is 0.0195. The third-order valence-electron chi connectivity index (χ3n) is 4.32. The van der Waals surface area contributed by atoms with Crippen molar-refractivity contribution in [3.63, 3.8) is 0 Å². The Morgan fingerprint density at radius 2 is 1.71 bits per heavy atom. The zero-order valence-corrected chi connectivity index (χ0v) is 16.6. The van der Waals surface area contributed by atoms with Gasteiger partial charge in [-0.3, -0.25) is 18.7 Å². The molecule has 0 saturated carbocycles. The first-order valence-electron chi connectivity index (χ1n) is 8.28. The number of carbonyl (C=O) groups is 1. The summed E-state index contributed by atoms with van der Waals surface area (Å²) in [6.45, 7) is 1.36. The highest BCUT2D eigenvalue weighted by atomic mass is 32.2. The number of fused-ring (bicyclic) bond motifs is 1. The summed E-state index contributed by atoms with van der Waals surface area (Å²) in [6.07, 6.45) is 0. The molecule has 148 valence electrons. The molecule has 3 aromatic rings. The molecular weight excluding hydrogens is 384 g/mol. The standard InChI is InChI=1S/C18H20N4O5S/c1-11(23)19-14-7-5-12(9-17(14)27-4)20-28(25,26)13-6-8-15-16(10-13)22(3)18(24)21(15)2/h5-10,20H,1-4H3,(H,19,23). The zero-order chi connectivity index (χ0) is 20.6. The second kappa shape index (κ2) is 7.04. The summed E-state index contributed by atoms with van der Waals surface area (Å²) in [5.41, 5.74) is 1.60. The molecule has 0 radical (unpaired) electrons. The first-order valence-corrected chi connectivity index (χ1v) is 9.76. The molecule has 1 aromatic heterocycles. The molecule has 2 aromatic carbocycles. The van der Waals surface area contributed by atoms with Crippen LogP contribution in [0, 0.1) is 0 Å². The van der Waals surface area contributed by atoms with Crippen LogP contribution in [0.4, 0.5) is 11.4 Å². The number of hydrogen-bond acceptors (Lipinski definition) is 5. The van der Waals surface area contributed by atoms with Crippen molar-refractivity contribution in [1.29, 1.82) is 0 Å². The minimum Gasteiger partial charge on any atom is -0.494 e. The molecule has 9 nitrogen and oxygen atoms in total. The number of benzene rings is 2. The van der Waals surface area contributed by atoms with E-state index in [-0.39, 0.29) is 22.2 Å². The number of anilines is 2. The first-order chi connectivity index (χ1) is 13.1. The van der Waals surface area contributed by atoms with E-state index >= 15 is 0 Å². The van der Waals surface area contributed by atoms with Gasteiger partial charge in [-0.15, -0.1) is 0 Å². The molecule has 28 heavy (non-hydrogen) atoms. The highest BCUT2D eigenvalue weighted by Gasteiger charge is 2.18. The lowest BCUT2D eigenvalue weighted by atomic mass is 10.2. The third kappa shape index (κ3) is 3.46. The van der Waals surface area contributed by atoms with Gasteiger partial charge in [0.1, 0.15) is 5.75 Å². The van der Waals surface area contributed by atoms with Crippen LogP contribution in [0.25, 0.3) is 11.0 Å². The number of ether oxygens (including phenoxy) is 1. The fourth-order valence-corrected chi connectivity index (χ4v) is 3.98. The molecule has 10 heteroatoms. The SMILES string of the molecule is COc1cc(NS(=O)(=O)c2ccc3c(c2)n(C)c(=O)n3C)ccc1NC(C)=O. The van der Waals surface area contributed by atoms with E-state index in [1.807, 2.05) is 0 Å². The molecule has 1 heterocycles. The largest absolute Gasteiger partial charge is 0.494 e. The van der Waals surface area contributed by atoms with Crippen LogP contribution in [0.5, 0.6) is 5.75 Å². The van der Waals surface area contributed by atoms with Crippen molar-refractivity contribution in [2.45, 2.75) is 11.8 Å². The molecule has 0 bridgehead atoms. The van der Waals surface area contributed by atoms with Gasteiger partial charge in [0.15, 0.2) is 0 Å². The van der Waals surface area contributed by atoms with Crippen LogP contribution in [0.3, 0.4) is 0 Å². The van der Waals surface area contributed by atoms with Gasteiger partial charge in [0.05, 0.1) is 34.4 Å². The van der Waals surface area contributed by atoms with Crippen molar-refractivity contribution in [2.75, 3.05) is 17.1 Å². The van der Waals surface area contributed by atoms with Crippen molar-refractivity contribution < 1.29 is 17.9 Å². The van der Waals surface area contributed by atoms with Crippen LogP contribution < -0.4 is 20.5 Å². The molecule has 0 aliphatic heterocycles.